The van der Waals surface area contributed by atoms with E-state index in [2.05, 4.69) is 22.3 Å². The van der Waals surface area contributed by atoms with Gasteiger partial charge in [-0.2, -0.15) is 5.10 Å². The molecule has 0 spiro atoms. The zero-order valence-corrected chi connectivity index (χ0v) is 12.3. The maximum absolute atomic E-state index is 5.36. The van der Waals surface area contributed by atoms with Crippen LogP contribution in [-0.2, 0) is 0 Å². The van der Waals surface area contributed by atoms with Crippen molar-refractivity contribution in [1.82, 2.24) is 10.2 Å². The smallest absolute Gasteiger partial charge is 0.161 e. The Hall–Kier alpha value is -2.62. The molecule has 0 aliphatic heterocycles. The van der Waals surface area contributed by atoms with Crippen LogP contribution in [0.25, 0.3) is 22.0 Å². The lowest BCUT2D eigenvalue weighted by atomic mass is 10.0. The van der Waals surface area contributed by atoms with Crippen LogP contribution in [0.2, 0.25) is 0 Å². The SMILES string of the molecule is COc1ccc(-c2nnc(C)c3ccccc23)cc1OC. The number of benzene rings is 2. The summed E-state index contributed by atoms with van der Waals surface area (Å²) in [6, 6.07) is 13.9. The van der Waals surface area contributed by atoms with Crippen LogP contribution >= 0.6 is 0 Å². The summed E-state index contributed by atoms with van der Waals surface area (Å²) in [5.41, 5.74) is 2.73. The van der Waals surface area contributed by atoms with E-state index in [4.69, 9.17) is 9.47 Å². The van der Waals surface area contributed by atoms with Gasteiger partial charge in [-0.25, -0.2) is 0 Å². The molecule has 0 unspecified atom stereocenters. The van der Waals surface area contributed by atoms with Crippen LogP contribution in [0.15, 0.2) is 42.5 Å². The monoisotopic (exact) mass is 280 g/mol. The number of nitrogens with zero attached hydrogens (tertiary/aromatic N) is 2. The first kappa shape index (κ1) is 13.4. The number of methoxy groups -OCH3 is 2. The zero-order chi connectivity index (χ0) is 14.8. The normalized spacial score (nSPS) is 10.6. The average molecular weight is 280 g/mol. The van der Waals surface area contributed by atoms with Gasteiger partial charge < -0.3 is 9.47 Å². The molecule has 0 aliphatic carbocycles. The standard InChI is InChI=1S/C17H16N2O2/c1-11-13-6-4-5-7-14(13)17(19-18-11)12-8-9-15(20-2)16(10-12)21-3/h4-10H,1-3H3. The highest BCUT2D eigenvalue weighted by atomic mass is 16.5. The molecular weight excluding hydrogens is 264 g/mol. The quantitative estimate of drug-likeness (QED) is 0.735. The fourth-order valence-electron chi connectivity index (χ4n) is 2.43. The molecule has 106 valence electrons. The van der Waals surface area contributed by atoms with E-state index in [0.29, 0.717) is 11.5 Å². The first-order valence-corrected chi connectivity index (χ1v) is 6.69. The summed E-state index contributed by atoms with van der Waals surface area (Å²) in [5.74, 6) is 1.38. The molecule has 3 aromatic rings. The zero-order valence-electron chi connectivity index (χ0n) is 12.3. The van der Waals surface area contributed by atoms with Crippen molar-refractivity contribution in [3.05, 3.63) is 48.2 Å². The fraction of sp³-hybridized carbons (Fsp3) is 0.176. The molecule has 0 saturated heterocycles. The van der Waals surface area contributed by atoms with Crippen molar-refractivity contribution in [1.29, 1.82) is 0 Å². The summed E-state index contributed by atoms with van der Waals surface area (Å²) in [4.78, 5) is 0. The van der Waals surface area contributed by atoms with Crippen LogP contribution in [0, 0.1) is 6.92 Å². The predicted octanol–water partition coefficient (Wildman–Crippen LogP) is 3.62. The van der Waals surface area contributed by atoms with Crippen molar-refractivity contribution in [3.8, 4) is 22.8 Å². The van der Waals surface area contributed by atoms with E-state index in [1.807, 2.05) is 37.3 Å². The third-order valence-corrected chi connectivity index (χ3v) is 3.53. The highest BCUT2D eigenvalue weighted by Gasteiger charge is 2.11. The Kier molecular flexibility index (Phi) is 3.44. The van der Waals surface area contributed by atoms with Crippen molar-refractivity contribution in [2.24, 2.45) is 0 Å². The van der Waals surface area contributed by atoms with Gasteiger partial charge in [0.2, 0.25) is 0 Å². The maximum atomic E-state index is 5.36. The lowest BCUT2D eigenvalue weighted by molar-refractivity contribution is 0.355. The minimum atomic E-state index is 0.682. The molecule has 0 radical (unpaired) electrons. The Balaban J connectivity index is 2.23. The third-order valence-electron chi connectivity index (χ3n) is 3.53. The van der Waals surface area contributed by atoms with Crippen molar-refractivity contribution in [2.45, 2.75) is 6.92 Å². The Bertz CT molecular complexity index is 800. The summed E-state index contributed by atoms with van der Waals surface area (Å²) in [6.07, 6.45) is 0. The van der Waals surface area contributed by atoms with E-state index < -0.39 is 0 Å². The van der Waals surface area contributed by atoms with Crippen LogP contribution in [-0.4, -0.2) is 24.4 Å². The van der Waals surface area contributed by atoms with E-state index >= 15 is 0 Å². The van der Waals surface area contributed by atoms with Gasteiger partial charge in [0, 0.05) is 16.3 Å². The second kappa shape index (κ2) is 5.40. The molecule has 0 bridgehead atoms. The van der Waals surface area contributed by atoms with Crippen LogP contribution < -0.4 is 9.47 Å². The molecule has 2 aromatic carbocycles. The minimum Gasteiger partial charge on any atom is -0.493 e. The van der Waals surface area contributed by atoms with Crippen LogP contribution in [0.4, 0.5) is 0 Å². The number of rotatable bonds is 3. The molecule has 4 heteroatoms. The molecule has 4 nitrogen and oxygen atoms in total. The molecule has 0 saturated carbocycles. The maximum Gasteiger partial charge on any atom is 0.161 e. The third kappa shape index (κ3) is 2.29. The van der Waals surface area contributed by atoms with Crippen LogP contribution in [0.3, 0.4) is 0 Å². The summed E-state index contributed by atoms with van der Waals surface area (Å²) in [5, 5.41) is 10.8. The molecule has 1 aromatic heterocycles. The van der Waals surface area contributed by atoms with Gasteiger partial charge in [0.05, 0.1) is 19.9 Å². The van der Waals surface area contributed by atoms with Gasteiger partial charge in [0.1, 0.15) is 5.69 Å². The van der Waals surface area contributed by atoms with Crippen molar-refractivity contribution in [3.63, 3.8) is 0 Å². The summed E-state index contributed by atoms with van der Waals surface area (Å²) < 4.78 is 10.6. The van der Waals surface area contributed by atoms with E-state index in [-0.39, 0.29) is 0 Å². The van der Waals surface area contributed by atoms with Crippen molar-refractivity contribution < 1.29 is 9.47 Å². The molecular formula is C17H16N2O2. The Morgan fingerprint density at radius 2 is 1.52 bits per heavy atom. The van der Waals surface area contributed by atoms with E-state index in [0.717, 1.165) is 27.7 Å². The number of aromatic nitrogens is 2. The lowest BCUT2D eigenvalue weighted by Gasteiger charge is -2.11. The summed E-state index contributed by atoms with van der Waals surface area (Å²) in [7, 11) is 3.25. The molecule has 0 amide bonds. The molecule has 0 fully saturated rings. The van der Waals surface area contributed by atoms with Gasteiger partial charge in [-0.05, 0) is 25.1 Å². The lowest BCUT2D eigenvalue weighted by Crippen LogP contribution is -1.95. The van der Waals surface area contributed by atoms with Crippen molar-refractivity contribution >= 4 is 10.8 Å². The number of aryl methyl sites for hydroxylation is 1. The minimum absolute atomic E-state index is 0.682. The van der Waals surface area contributed by atoms with E-state index in [9.17, 15) is 0 Å². The highest BCUT2D eigenvalue weighted by Crippen LogP contribution is 2.34. The Morgan fingerprint density at radius 1 is 0.810 bits per heavy atom. The van der Waals surface area contributed by atoms with Crippen LogP contribution in [0.1, 0.15) is 5.69 Å². The molecule has 1 heterocycles. The molecule has 0 N–H and O–H groups in total. The summed E-state index contributed by atoms with van der Waals surface area (Å²) >= 11 is 0. The average Bonchev–Trinajstić information content (AvgIpc) is 2.55. The molecule has 21 heavy (non-hydrogen) atoms. The topological polar surface area (TPSA) is 44.2 Å². The van der Waals surface area contributed by atoms with Gasteiger partial charge in [-0.15, -0.1) is 5.10 Å². The number of hydrogen-bond donors (Lipinski definition) is 0. The number of hydrogen-bond acceptors (Lipinski definition) is 4. The van der Waals surface area contributed by atoms with Gasteiger partial charge in [0.25, 0.3) is 0 Å². The van der Waals surface area contributed by atoms with Gasteiger partial charge in [-0.1, -0.05) is 24.3 Å². The molecule has 3 rings (SSSR count). The predicted molar refractivity (Wildman–Crippen MR) is 82.8 cm³/mol. The van der Waals surface area contributed by atoms with Gasteiger partial charge >= 0.3 is 0 Å². The van der Waals surface area contributed by atoms with E-state index in [1.165, 1.54) is 0 Å². The number of fused-ring (bicyclic) bond motifs is 1. The fourth-order valence-corrected chi connectivity index (χ4v) is 2.43. The first-order chi connectivity index (χ1) is 10.2. The first-order valence-electron chi connectivity index (χ1n) is 6.69. The van der Waals surface area contributed by atoms with Crippen molar-refractivity contribution in [2.75, 3.05) is 14.2 Å². The second-order valence-electron chi connectivity index (χ2n) is 4.75. The highest BCUT2D eigenvalue weighted by molar-refractivity contribution is 5.95. The van der Waals surface area contributed by atoms with Gasteiger partial charge in [-0.3, -0.25) is 0 Å². The van der Waals surface area contributed by atoms with Gasteiger partial charge in [0.15, 0.2) is 11.5 Å². The Labute approximate surface area is 123 Å². The summed E-state index contributed by atoms with van der Waals surface area (Å²) in [6.45, 7) is 1.97. The molecule has 0 aliphatic rings. The number of ether oxygens (including phenoxy) is 2. The van der Waals surface area contributed by atoms with Crippen LogP contribution in [0.5, 0.6) is 11.5 Å². The second-order valence-corrected chi connectivity index (χ2v) is 4.75. The Morgan fingerprint density at radius 3 is 2.24 bits per heavy atom. The van der Waals surface area contributed by atoms with E-state index in [1.54, 1.807) is 14.2 Å². The largest absolute Gasteiger partial charge is 0.493 e. The molecule has 0 atom stereocenters.